The van der Waals surface area contributed by atoms with Crippen molar-refractivity contribution in [2.24, 2.45) is 11.8 Å². The first kappa shape index (κ1) is 28.6. The Morgan fingerprint density at radius 3 is 2.36 bits per heavy atom. The largest absolute Gasteiger partial charge is 0.383 e. The number of aromatic amines is 1. The fraction of sp³-hybridized carbons (Fsp3) is 0.478. The summed E-state index contributed by atoms with van der Waals surface area (Å²) in [6, 6.07) is 4.11. The molecule has 12 nitrogen and oxygen atoms in total. The molecule has 196 valence electrons. The van der Waals surface area contributed by atoms with Crippen molar-refractivity contribution in [3.63, 3.8) is 0 Å². The summed E-state index contributed by atoms with van der Waals surface area (Å²) < 4.78 is 1.21. The van der Waals surface area contributed by atoms with Crippen LogP contribution in [-0.4, -0.2) is 57.6 Å². The number of rotatable bonds is 10. The molecular formula is C23H32N6O6S. The number of nitro benzene ring substituents is 1. The van der Waals surface area contributed by atoms with Crippen molar-refractivity contribution in [1.82, 2.24) is 14.5 Å². The number of benzene rings is 1. The lowest BCUT2D eigenvalue weighted by Gasteiger charge is -2.28. The zero-order valence-electron chi connectivity index (χ0n) is 21.2. The van der Waals surface area contributed by atoms with Gasteiger partial charge in [-0.3, -0.25) is 34.0 Å². The number of nitro groups is 1. The minimum absolute atomic E-state index is 0.0447. The second-order valence-electron chi connectivity index (χ2n) is 9.20. The van der Waals surface area contributed by atoms with Crippen molar-refractivity contribution in [2.45, 2.75) is 39.1 Å². The van der Waals surface area contributed by atoms with Crippen LogP contribution in [-0.2, 0) is 11.3 Å². The van der Waals surface area contributed by atoms with E-state index >= 15 is 0 Å². The fourth-order valence-corrected chi connectivity index (χ4v) is 4.16. The highest BCUT2D eigenvalue weighted by atomic mass is 32.2. The monoisotopic (exact) mass is 520 g/mol. The Kier molecular flexibility index (Phi) is 9.45. The van der Waals surface area contributed by atoms with Gasteiger partial charge in [0.25, 0.3) is 17.2 Å². The highest BCUT2D eigenvalue weighted by Crippen LogP contribution is 2.28. The third kappa shape index (κ3) is 6.53. The lowest BCUT2D eigenvalue weighted by atomic mass is 10.1. The number of carbonyl (C=O) groups is 2. The average molecular weight is 521 g/mol. The van der Waals surface area contributed by atoms with Gasteiger partial charge in [0.2, 0.25) is 5.91 Å². The van der Waals surface area contributed by atoms with Crippen molar-refractivity contribution in [3.05, 3.63) is 54.7 Å². The van der Waals surface area contributed by atoms with Crippen molar-refractivity contribution >= 4 is 40.8 Å². The standard InChI is InChI=1S/C23H32N6O6S/c1-13(2)10-27(19-20(24)28(11-14(3)4)23(33)25-21(19)31)18(30)12-26(5)22(32)15-7-8-17(36-6)16(9-15)29(34)35/h7-9,13-14H,10-12,24H2,1-6H3,(H,25,31,33). The molecule has 36 heavy (non-hydrogen) atoms. The number of anilines is 2. The van der Waals surface area contributed by atoms with Crippen LogP contribution in [0.3, 0.4) is 0 Å². The highest BCUT2D eigenvalue weighted by Gasteiger charge is 2.28. The minimum atomic E-state index is -0.802. The number of carbonyl (C=O) groups excluding carboxylic acids is 2. The van der Waals surface area contributed by atoms with E-state index in [1.165, 1.54) is 46.5 Å². The van der Waals surface area contributed by atoms with Gasteiger partial charge in [0, 0.05) is 31.8 Å². The topological polar surface area (TPSA) is 165 Å². The summed E-state index contributed by atoms with van der Waals surface area (Å²) in [5.41, 5.74) is 4.41. The van der Waals surface area contributed by atoms with Crippen LogP contribution in [0.15, 0.2) is 32.7 Å². The summed E-state index contributed by atoms with van der Waals surface area (Å²) in [7, 11) is 1.38. The molecule has 0 unspecified atom stereocenters. The van der Waals surface area contributed by atoms with E-state index in [2.05, 4.69) is 4.98 Å². The number of amides is 2. The van der Waals surface area contributed by atoms with E-state index < -0.39 is 34.5 Å². The van der Waals surface area contributed by atoms with E-state index in [0.717, 1.165) is 4.90 Å². The van der Waals surface area contributed by atoms with Crippen LogP contribution < -0.4 is 21.9 Å². The Morgan fingerprint density at radius 2 is 1.83 bits per heavy atom. The van der Waals surface area contributed by atoms with Crippen LogP contribution in [0.5, 0.6) is 0 Å². The normalized spacial score (nSPS) is 11.1. The van der Waals surface area contributed by atoms with Crippen LogP contribution in [0.2, 0.25) is 0 Å². The quantitative estimate of drug-likeness (QED) is 0.273. The van der Waals surface area contributed by atoms with Gasteiger partial charge < -0.3 is 15.5 Å². The summed E-state index contributed by atoms with van der Waals surface area (Å²) in [4.78, 5) is 67.1. The second kappa shape index (κ2) is 11.9. The Bertz CT molecular complexity index is 1270. The Hall–Kier alpha value is -3.61. The Labute approximate surface area is 212 Å². The molecule has 0 bridgehead atoms. The SMILES string of the molecule is CSc1ccc(C(=O)N(C)CC(=O)N(CC(C)C)c2c(N)n(CC(C)C)c(=O)[nH]c2=O)cc1[N+](=O)[O-]. The van der Waals surface area contributed by atoms with Gasteiger partial charge in [-0.25, -0.2) is 4.79 Å². The van der Waals surface area contributed by atoms with Crippen LogP contribution in [0, 0.1) is 22.0 Å². The molecule has 0 atom stereocenters. The van der Waals surface area contributed by atoms with Crippen molar-refractivity contribution < 1.29 is 14.5 Å². The first-order chi connectivity index (χ1) is 16.8. The highest BCUT2D eigenvalue weighted by molar-refractivity contribution is 7.98. The molecule has 1 aromatic heterocycles. The maximum absolute atomic E-state index is 13.3. The van der Waals surface area contributed by atoms with Gasteiger partial charge in [-0.05, 0) is 30.2 Å². The minimum Gasteiger partial charge on any atom is -0.383 e. The molecule has 0 aliphatic carbocycles. The van der Waals surface area contributed by atoms with Crippen molar-refractivity contribution in [2.75, 3.05) is 37.0 Å². The smallest absolute Gasteiger partial charge is 0.330 e. The summed E-state index contributed by atoms with van der Waals surface area (Å²) in [6.45, 7) is 7.37. The Morgan fingerprint density at radius 1 is 1.19 bits per heavy atom. The molecular weight excluding hydrogens is 488 g/mol. The van der Waals surface area contributed by atoms with Gasteiger partial charge in [0.05, 0.1) is 9.82 Å². The number of H-pyrrole nitrogens is 1. The molecule has 0 fully saturated rings. The Balaban J connectivity index is 2.43. The number of hydrogen-bond acceptors (Lipinski definition) is 8. The van der Waals surface area contributed by atoms with Crippen LogP contribution in [0.4, 0.5) is 17.2 Å². The predicted octanol–water partition coefficient (Wildman–Crippen LogP) is 2.17. The molecule has 1 heterocycles. The molecule has 2 rings (SSSR count). The molecule has 2 amide bonds. The zero-order valence-corrected chi connectivity index (χ0v) is 22.0. The van der Waals surface area contributed by atoms with E-state index in [4.69, 9.17) is 5.73 Å². The third-order valence-corrected chi connectivity index (χ3v) is 6.01. The van der Waals surface area contributed by atoms with Gasteiger partial charge >= 0.3 is 5.69 Å². The third-order valence-electron chi connectivity index (χ3n) is 5.22. The summed E-state index contributed by atoms with van der Waals surface area (Å²) >= 11 is 1.18. The molecule has 2 aromatic rings. The second-order valence-corrected chi connectivity index (χ2v) is 10.0. The van der Waals surface area contributed by atoms with Gasteiger partial charge in [-0.2, -0.15) is 0 Å². The summed E-state index contributed by atoms with van der Waals surface area (Å²) in [6.07, 6.45) is 1.69. The molecule has 0 aliphatic heterocycles. The number of likely N-dealkylation sites (N-methyl/N-ethyl adjacent to an activating group) is 1. The number of hydrogen-bond donors (Lipinski definition) is 2. The summed E-state index contributed by atoms with van der Waals surface area (Å²) in [5.74, 6) is -1.36. The molecule has 0 aliphatic rings. The van der Waals surface area contributed by atoms with E-state index in [-0.39, 0.29) is 47.7 Å². The maximum Gasteiger partial charge on any atom is 0.330 e. The zero-order chi connectivity index (χ0) is 27.3. The van der Waals surface area contributed by atoms with Crippen LogP contribution in [0.1, 0.15) is 38.1 Å². The molecule has 1 aromatic carbocycles. The van der Waals surface area contributed by atoms with Crippen LogP contribution in [0.25, 0.3) is 0 Å². The number of thioether (sulfide) groups is 1. The molecule has 0 radical (unpaired) electrons. The average Bonchev–Trinajstić information content (AvgIpc) is 2.79. The van der Waals surface area contributed by atoms with E-state index in [1.807, 2.05) is 27.7 Å². The number of nitrogen functional groups attached to an aromatic ring is 1. The molecule has 0 spiro atoms. The lowest BCUT2D eigenvalue weighted by Crippen LogP contribution is -2.47. The number of aromatic nitrogens is 2. The van der Waals surface area contributed by atoms with Crippen molar-refractivity contribution in [3.8, 4) is 0 Å². The van der Waals surface area contributed by atoms with Crippen LogP contribution >= 0.6 is 11.8 Å². The number of nitrogens with one attached hydrogen (secondary N) is 1. The molecule has 0 saturated heterocycles. The first-order valence-electron chi connectivity index (χ1n) is 11.3. The predicted molar refractivity (Wildman–Crippen MR) is 140 cm³/mol. The lowest BCUT2D eigenvalue weighted by molar-refractivity contribution is -0.387. The van der Waals surface area contributed by atoms with Gasteiger partial charge in [0.15, 0.2) is 5.69 Å². The van der Waals surface area contributed by atoms with E-state index in [1.54, 1.807) is 6.26 Å². The first-order valence-corrected chi connectivity index (χ1v) is 12.5. The van der Waals surface area contributed by atoms with E-state index in [0.29, 0.717) is 4.90 Å². The number of nitrogens with two attached hydrogens (primary N) is 1. The molecule has 0 saturated carbocycles. The fourth-order valence-electron chi connectivity index (χ4n) is 3.61. The van der Waals surface area contributed by atoms with Gasteiger partial charge in [-0.15, -0.1) is 11.8 Å². The molecule has 13 heteroatoms. The number of nitrogens with zero attached hydrogens (tertiary/aromatic N) is 4. The van der Waals surface area contributed by atoms with E-state index in [9.17, 15) is 29.3 Å². The van der Waals surface area contributed by atoms with Gasteiger partial charge in [0.1, 0.15) is 12.4 Å². The van der Waals surface area contributed by atoms with Gasteiger partial charge in [-0.1, -0.05) is 27.7 Å². The molecule has 3 N–H and O–H groups in total. The summed E-state index contributed by atoms with van der Waals surface area (Å²) in [5, 5.41) is 11.4. The maximum atomic E-state index is 13.3. The van der Waals surface area contributed by atoms with Crippen molar-refractivity contribution in [1.29, 1.82) is 0 Å².